The summed E-state index contributed by atoms with van der Waals surface area (Å²) in [5.41, 5.74) is 0.340. The van der Waals surface area contributed by atoms with E-state index in [4.69, 9.17) is 10.4 Å². The number of benzene rings is 1. The summed E-state index contributed by atoms with van der Waals surface area (Å²) in [7, 11) is -5.39. The molecule has 0 saturated heterocycles. The predicted molar refractivity (Wildman–Crippen MR) is 73.3 cm³/mol. The van der Waals surface area contributed by atoms with Gasteiger partial charge in [-0.15, -0.1) is 0 Å². The number of nitrogens with zero attached hydrogens (tertiary/aromatic N) is 1. The highest BCUT2D eigenvalue weighted by atomic mass is 32.2. The molecule has 0 aromatic heterocycles. The van der Waals surface area contributed by atoms with Crippen molar-refractivity contribution in [1.29, 1.82) is 5.26 Å². The van der Waals surface area contributed by atoms with Crippen molar-refractivity contribution in [3.8, 4) is 6.07 Å². The normalized spacial score (nSPS) is 14.2. The maximum Gasteiger partial charge on any atom is 0.318 e. The highest BCUT2D eigenvalue weighted by Gasteiger charge is 2.22. The van der Waals surface area contributed by atoms with Crippen LogP contribution in [0.3, 0.4) is 0 Å². The van der Waals surface area contributed by atoms with Gasteiger partial charge in [-0.2, -0.15) is 5.26 Å². The SMILES string of the molecule is CC(C(=O)O)S(=O)CCS(=O)(=O)c1ccc(C#N)cc1. The second kappa shape index (κ2) is 6.63. The molecule has 0 radical (unpaired) electrons. The molecule has 0 aliphatic carbocycles. The Hall–Kier alpha value is -1.72. The highest BCUT2D eigenvalue weighted by Crippen LogP contribution is 2.13. The molecule has 1 aromatic rings. The minimum absolute atomic E-state index is 0.0245. The Balaban J connectivity index is 2.78. The van der Waals surface area contributed by atoms with Crippen molar-refractivity contribution in [1.82, 2.24) is 0 Å². The molecule has 0 fully saturated rings. The third kappa shape index (κ3) is 4.15. The Labute approximate surface area is 119 Å². The summed E-state index contributed by atoms with van der Waals surface area (Å²) in [6.07, 6.45) is 0. The lowest BCUT2D eigenvalue weighted by molar-refractivity contribution is -0.136. The lowest BCUT2D eigenvalue weighted by Crippen LogP contribution is -2.26. The maximum atomic E-state index is 12.0. The molecular weight excluding hydrogens is 302 g/mol. The monoisotopic (exact) mass is 315 g/mol. The smallest absolute Gasteiger partial charge is 0.318 e. The van der Waals surface area contributed by atoms with Crippen molar-refractivity contribution in [2.75, 3.05) is 11.5 Å². The molecule has 8 heteroatoms. The highest BCUT2D eigenvalue weighted by molar-refractivity contribution is 7.93. The van der Waals surface area contributed by atoms with E-state index in [2.05, 4.69) is 0 Å². The second-order valence-corrected chi connectivity index (χ2v) is 8.01. The minimum Gasteiger partial charge on any atom is -0.480 e. The van der Waals surface area contributed by atoms with Crippen molar-refractivity contribution < 1.29 is 22.5 Å². The molecule has 0 bridgehead atoms. The molecule has 0 heterocycles. The zero-order chi connectivity index (χ0) is 15.3. The zero-order valence-corrected chi connectivity index (χ0v) is 12.3. The summed E-state index contributed by atoms with van der Waals surface area (Å²) in [4.78, 5) is 10.7. The number of carbonyl (C=O) groups is 1. The molecule has 1 rings (SSSR count). The summed E-state index contributed by atoms with van der Waals surface area (Å²) in [6.45, 7) is 1.27. The number of nitriles is 1. The zero-order valence-electron chi connectivity index (χ0n) is 10.6. The van der Waals surface area contributed by atoms with E-state index in [1.54, 1.807) is 0 Å². The van der Waals surface area contributed by atoms with Crippen LogP contribution in [-0.2, 0) is 25.4 Å². The van der Waals surface area contributed by atoms with E-state index in [1.165, 1.54) is 31.2 Å². The first-order chi connectivity index (χ1) is 9.27. The third-order valence-electron chi connectivity index (χ3n) is 2.64. The van der Waals surface area contributed by atoms with Gasteiger partial charge in [0.15, 0.2) is 9.84 Å². The van der Waals surface area contributed by atoms with Gasteiger partial charge in [0.1, 0.15) is 5.25 Å². The van der Waals surface area contributed by atoms with Crippen molar-refractivity contribution in [3.63, 3.8) is 0 Å². The summed E-state index contributed by atoms with van der Waals surface area (Å²) < 4.78 is 35.5. The van der Waals surface area contributed by atoms with E-state index in [1.807, 2.05) is 6.07 Å². The number of rotatable bonds is 6. The molecule has 20 heavy (non-hydrogen) atoms. The van der Waals surface area contributed by atoms with Gasteiger partial charge in [0, 0.05) is 16.6 Å². The Kier molecular flexibility index (Phi) is 5.42. The van der Waals surface area contributed by atoms with Gasteiger partial charge in [-0.3, -0.25) is 9.00 Å². The molecule has 108 valence electrons. The van der Waals surface area contributed by atoms with E-state index in [-0.39, 0.29) is 10.6 Å². The Morgan fingerprint density at radius 2 is 1.95 bits per heavy atom. The van der Waals surface area contributed by atoms with Crippen LogP contribution in [-0.4, -0.2) is 40.5 Å². The molecule has 0 spiro atoms. The van der Waals surface area contributed by atoms with Crippen molar-refractivity contribution >= 4 is 26.6 Å². The topological polar surface area (TPSA) is 112 Å². The van der Waals surface area contributed by atoms with Crippen LogP contribution in [0.4, 0.5) is 0 Å². The minimum atomic E-state index is -3.63. The lowest BCUT2D eigenvalue weighted by Gasteiger charge is -2.07. The number of hydrogen-bond acceptors (Lipinski definition) is 5. The van der Waals surface area contributed by atoms with Gasteiger partial charge in [-0.05, 0) is 31.2 Å². The molecule has 0 saturated carbocycles. The standard InChI is InChI=1S/C12H13NO5S2/c1-9(12(14)15)19(16)6-7-20(17,18)11-4-2-10(8-13)3-5-11/h2-5,9H,6-7H2,1H3,(H,14,15). The fourth-order valence-electron chi connectivity index (χ4n) is 1.34. The second-order valence-electron chi connectivity index (χ2n) is 4.02. The average molecular weight is 315 g/mol. The molecular formula is C12H13NO5S2. The van der Waals surface area contributed by atoms with Crippen LogP contribution in [0.25, 0.3) is 0 Å². The fourth-order valence-corrected chi connectivity index (χ4v) is 4.24. The van der Waals surface area contributed by atoms with E-state index < -0.39 is 37.6 Å². The van der Waals surface area contributed by atoms with Crippen LogP contribution in [0.5, 0.6) is 0 Å². The van der Waals surface area contributed by atoms with Crippen molar-refractivity contribution in [3.05, 3.63) is 29.8 Å². The number of aliphatic carboxylic acids is 1. The van der Waals surface area contributed by atoms with Crippen molar-refractivity contribution in [2.24, 2.45) is 0 Å². The number of hydrogen-bond donors (Lipinski definition) is 1. The van der Waals surface area contributed by atoms with E-state index in [0.29, 0.717) is 5.56 Å². The molecule has 2 unspecified atom stereocenters. The van der Waals surface area contributed by atoms with Crippen LogP contribution >= 0.6 is 0 Å². The lowest BCUT2D eigenvalue weighted by atomic mass is 10.2. The third-order valence-corrected chi connectivity index (χ3v) is 6.23. The van der Waals surface area contributed by atoms with E-state index >= 15 is 0 Å². The molecule has 6 nitrogen and oxygen atoms in total. The molecule has 0 aliphatic rings. The Bertz CT molecular complexity index is 658. The Morgan fingerprint density at radius 3 is 2.40 bits per heavy atom. The summed E-state index contributed by atoms with van der Waals surface area (Å²) in [5.74, 6) is -1.86. The van der Waals surface area contributed by atoms with Gasteiger partial charge in [0.05, 0.1) is 22.3 Å². The predicted octanol–water partition coefficient (Wildman–Crippen LogP) is 0.554. The molecule has 0 amide bonds. The molecule has 1 aromatic carbocycles. The van der Waals surface area contributed by atoms with Crippen LogP contribution < -0.4 is 0 Å². The van der Waals surface area contributed by atoms with Gasteiger partial charge in [-0.25, -0.2) is 8.42 Å². The average Bonchev–Trinajstić information content (AvgIpc) is 2.44. The van der Waals surface area contributed by atoms with Gasteiger partial charge >= 0.3 is 5.97 Å². The van der Waals surface area contributed by atoms with Crippen LogP contribution in [0.1, 0.15) is 12.5 Å². The first kappa shape index (κ1) is 16.3. The maximum absolute atomic E-state index is 12.0. The van der Waals surface area contributed by atoms with Gasteiger partial charge in [0.25, 0.3) is 0 Å². The van der Waals surface area contributed by atoms with Gasteiger partial charge < -0.3 is 5.11 Å². The van der Waals surface area contributed by atoms with Crippen LogP contribution in [0.2, 0.25) is 0 Å². The summed E-state index contributed by atoms with van der Waals surface area (Å²) >= 11 is 0. The molecule has 2 atom stereocenters. The molecule has 0 aliphatic heterocycles. The summed E-state index contributed by atoms with van der Waals surface area (Å²) in [5, 5.41) is 16.2. The van der Waals surface area contributed by atoms with Crippen LogP contribution in [0.15, 0.2) is 29.2 Å². The number of carboxylic acid groups (broad SMARTS) is 1. The quantitative estimate of drug-likeness (QED) is 0.820. The van der Waals surface area contributed by atoms with Gasteiger partial charge in [-0.1, -0.05) is 0 Å². The first-order valence-electron chi connectivity index (χ1n) is 5.61. The van der Waals surface area contributed by atoms with Crippen molar-refractivity contribution in [2.45, 2.75) is 17.1 Å². The Morgan fingerprint density at radius 1 is 1.40 bits per heavy atom. The number of sulfone groups is 1. The largest absolute Gasteiger partial charge is 0.480 e. The van der Waals surface area contributed by atoms with Crippen LogP contribution in [0, 0.1) is 11.3 Å². The van der Waals surface area contributed by atoms with Gasteiger partial charge in [0.2, 0.25) is 0 Å². The summed E-state index contributed by atoms with van der Waals surface area (Å²) in [6, 6.07) is 7.24. The van der Waals surface area contributed by atoms with E-state index in [0.717, 1.165) is 0 Å². The van der Waals surface area contributed by atoms with E-state index in [9.17, 15) is 17.4 Å². The fraction of sp³-hybridized carbons (Fsp3) is 0.333. The molecule has 1 N–H and O–H groups in total. The number of carboxylic acids is 1. The first-order valence-corrected chi connectivity index (χ1v) is 8.64.